The van der Waals surface area contributed by atoms with Gasteiger partial charge in [0.1, 0.15) is 5.82 Å². The number of aryl methyl sites for hydroxylation is 2. The molecule has 84 valence electrons. The number of hydrogen-bond acceptors (Lipinski definition) is 4. The van der Waals surface area contributed by atoms with Crippen LogP contribution in [0.4, 0.5) is 5.69 Å². The van der Waals surface area contributed by atoms with Crippen molar-refractivity contribution in [1.82, 2.24) is 14.8 Å². The quantitative estimate of drug-likeness (QED) is 0.809. The Bertz CT molecular complexity index is 519. The van der Waals surface area contributed by atoms with Gasteiger partial charge in [-0.05, 0) is 43.3 Å². The first-order valence-electron chi connectivity index (χ1n) is 4.98. The molecule has 0 amide bonds. The Morgan fingerprint density at radius 3 is 2.56 bits per heavy atom. The van der Waals surface area contributed by atoms with E-state index in [0.29, 0.717) is 0 Å². The van der Waals surface area contributed by atoms with E-state index >= 15 is 0 Å². The van der Waals surface area contributed by atoms with Crippen molar-refractivity contribution in [3.05, 3.63) is 29.6 Å². The summed E-state index contributed by atoms with van der Waals surface area (Å²) in [5, 5.41) is 8.96. The molecule has 5 heteroatoms. The monoisotopic (exact) mass is 234 g/mol. The van der Waals surface area contributed by atoms with Gasteiger partial charge in [0.25, 0.3) is 0 Å². The molecule has 1 aromatic carbocycles. The van der Waals surface area contributed by atoms with Gasteiger partial charge in [0.05, 0.1) is 0 Å². The van der Waals surface area contributed by atoms with Crippen LogP contribution in [0.15, 0.2) is 28.3 Å². The van der Waals surface area contributed by atoms with Crippen LogP contribution < -0.4 is 5.73 Å². The van der Waals surface area contributed by atoms with E-state index in [1.54, 1.807) is 0 Å². The molecular weight excluding hydrogens is 220 g/mol. The lowest BCUT2D eigenvalue weighted by molar-refractivity contribution is 0.766. The van der Waals surface area contributed by atoms with Crippen LogP contribution in [0.3, 0.4) is 0 Å². The van der Waals surface area contributed by atoms with Crippen LogP contribution in [0, 0.1) is 13.8 Å². The Kier molecular flexibility index (Phi) is 2.87. The van der Waals surface area contributed by atoms with E-state index in [9.17, 15) is 0 Å². The first kappa shape index (κ1) is 11.0. The average molecular weight is 234 g/mol. The Morgan fingerprint density at radius 1 is 1.25 bits per heavy atom. The van der Waals surface area contributed by atoms with Crippen LogP contribution in [-0.4, -0.2) is 14.8 Å². The molecule has 0 aliphatic heterocycles. The molecule has 0 saturated heterocycles. The van der Waals surface area contributed by atoms with Crippen molar-refractivity contribution in [1.29, 1.82) is 0 Å². The maximum Gasteiger partial charge on any atom is 0.195 e. The maximum atomic E-state index is 5.95. The van der Waals surface area contributed by atoms with Crippen LogP contribution >= 0.6 is 11.8 Å². The summed E-state index contributed by atoms with van der Waals surface area (Å²) in [6, 6.07) is 6.02. The summed E-state index contributed by atoms with van der Waals surface area (Å²) in [7, 11) is 1.95. The number of nitrogen functional groups attached to an aromatic ring is 1. The van der Waals surface area contributed by atoms with Crippen LogP contribution in [0.25, 0.3) is 0 Å². The van der Waals surface area contributed by atoms with Gasteiger partial charge in [-0.1, -0.05) is 6.07 Å². The fraction of sp³-hybridized carbons (Fsp3) is 0.273. The fourth-order valence-corrected chi connectivity index (χ4v) is 2.20. The van der Waals surface area contributed by atoms with Crippen molar-refractivity contribution in [2.45, 2.75) is 23.9 Å². The number of nitrogens with zero attached hydrogens (tertiary/aromatic N) is 3. The fourth-order valence-electron chi connectivity index (χ4n) is 1.34. The zero-order valence-corrected chi connectivity index (χ0v) is 10.4. The van der Waals surface area contributed by atoms with Gasteiger partial charge in [0, 0.05) is 17.6 Å². The number of aromatic nitrogens is 3. The highest BCUT2D eigenvalue weighted by atomic mass is 32.2. The third-order valence-electron chi connectivity index (χ3n) is 2.42. The Hall–Kier alpha value is -1.49. The second-order valence-corrected chi connectivity index (χ2v) is 4.74. The predicted molar refractivity (Wildman–Crippen MR) is 65.5 cm³/mol. The molecule has 4 nitrogen and oxygen atoms in total. The normalized spacial score (nSPS) is 10.7. The molecule has 0 bridgehead atoms. The van der Waals surface area contributed by atoms with E-state index in [2.05, 4.69) is 10.2 Å². The zero-order chi connectivity index (χ0) is 11.7. The molecule has 0 atom stereocenters. The summed E-state index contributed by atoms with van der Waals surface area (Å²) in [5.74, 6) is 0.896. The molecule has 2 N–H and O–H groups in total. The predicted octanol–water partition coefficient (Wildman–Crippen LogP) is 2.17. The smallest absolute Gasteiger partial charge is 0.195 e. The van der Waals surface area contributed by atoms with Gasteiger partial charge in [-0.3, -0.25) is 0 Å². The summed E-state index contributed by atoms with van der Waals surface area (Å²) < 4.78 is 1.95. The SMILES string of the molecule is Cc1ccc(Sc2nnc(C)n2C)c(N)c1. The van der Waals surface area contributed by atoms with Gasteiger partial charge in [-0.15, -0.1) is 10.2 Å². The summed E-state index contributed by atoms with van der Waals surface area (Å²) >= 11 is 1.53. The van der Waals surface area contributed by atoms with Crippen LogP contribution in [0.5, 0.6) is 0 Å². The van der Waals surface area contributed by atoms with Crippen molar-refractivity contribution in [2.75, 3.05) is 5.73 Å². The molecule has 1 aromatic heterocycles. The van der Waals surface area contributed by atoms with Crippen molar-refractivity contribution < 1.29 is 0 Å². The number of nitrogens with two attached hydrogens (primary N) is 1. The standard InChI is InChI=1S/C11H14N4S/c1-7-4-5-10(9(12)6-7)16-11-14-13-8(2)15(11)3/h4-6H,12H2,1-3H3. The highest BCUT2D eigenvalue weighted by molar-refractivity contribution is 7.99. The first-order valence-corrected chi connectivity index (χ1v) is 5.79. The van der Waals surface area contributed by atoms with Crippen molar-refractivity contribution in [3.8, 4) is 0 Å². The van der Waals surface area contributed by atoms with Gasteiger partial charge >= 0.3 is 0 Å². The first-order chi connectivity index (χ1) is 7.58. The minimum atomic E-state index is 0.783. The molecule has 0 spiro atoms. The molecule has 2 aromatic rings. The van der Waals surface area contributed by atoms with Crippen LogP contribution in [-0.2, 0) is 7.05 Å². The summed E-state index contributed by atoms with van der Waals surface area (Å²) in [6.07, 6.45) is 0. The lowest BCUT2D eigenvalue weighted by Gasteiger charge is -2.05. The van der Waals surface area contributed by atoms with Crippen molar-refractivity contribution in [2.24, 2.45) is 7.05 Å². The van der Waals surface area contributed by atoms with E-state index in [-0.39, 0.29) is 0 Å². The molecule has 16 heavy (non-hydrogen) atoms. The minimum Gasteiger partial charge on any atom is -0.398 e. The molecule has 0 unspecified atom stereocenters. The number of anilines is 1. The second-order valence-electron chi connectivity index (χ2n) is 3.73. The van der Waals surface area contributed by atoms with Gasteiger partial charge in [0.15, 0.2) is 5.16 Å². The van der Waals surface area contributed by atoms with Gasteiger partial charge in [-0.2, -0.15) is 0 Å². The Morgan fingerprint density at radius 2 is 2.00 bits per heavy atom. The minimum absolute atomic E-state index is 0.783. The molecule has 0 radical (unpaired) electrons. The third-order valence-corrected chi connectivity index (χ3v) is 3.55. The van der Waals surface area contributed by atoms with E-state index in [1.807, 2.05) is 43.7 Å². The van der Waals surface area contributed by atoms with Crippen molar-refractivity contribution in [3.63, 3.8) is 0 Å². The molecule has 1 heterocycles. The number of rotatable bonds is 2. The maximum absolute atomic E-state index is 5.95. The molecular formula is C11H14N4S. The zero-order valence-electron chi connectivity index (χ0n) is 9.56. The molecule has 0 saturated carbocycles. The molecule has 0 fully saturated rings. The van der Waals surface area contributed by atoms with Crippen LogP contribution in [0.1, 0.15) is 11.4 Å². The Balaban J connectivity index is 2.30. The molecule has 0 aliphatic rings. The second kappa shape index (κ2) is 4.17. The summed E-state index contributed by atoms with van der Waals surface area (Å²) in [5.41, 5.74) is 7.89. The average Bonchev–Trinajstić information content (AvgIpc) is 2.54. The van der Waals surface area contributed by atoms with E-state index < -0.39 is 0 Å². The van der Waals surface area contributed by atoms with Crippen LogP contribution in [0.2, 0.25) is 0 Å². The number of benzene rings is 1. The summed E-state index contributed by atoms with van der Waals surface area (Å²) in [4.78, 5) is 1.01. The van der Waals surface area contributed by atoms with Crippen molar-refractivity contribution >= 4 is 17.4 Å². The van der Waals surface area contributed by atoms with E-state index in [1.165, 1.54) is 11.8 Å². The topological polar surface area (TPSA) is 56.7 Å². The highest BCUT2D eigenvalue weighted by Gasteiger charge is 2.08. The molecule has 2 rings (SSSR count). The Labute approximate surface area is 98.9 Å². The van der Waals surface area contributed by atoms with E-state index in [0.717, 1.165) is 27.1 Å². The third kappa shape index (κ3) is 2.04. The summed E-state index contributed by atoms with van der Waals surface area (Å²) in [6.45, 7) is 3.95. The lowest BCUT2D eigenvalue weighted by atomic mass is 10.2. The van der Waals surface area contributed by atoms with E-state index in [4.69, 9.17) is 5.73 Å². The number of hydrogen-bond donors (Lipinski definition) is 1. The molecule has 0 aliphatic carbocycles. The largest absolute Gasteiger partial charge is 0.398 e. The van der Waals surface area contributed by atoms with Gasteiger partial charge in [-0.25, -0.2) is 0 Å². The lowest BCUT2D eigenvalue weighted by Crippen LogP contribution is -1.95. The highest BCUT2D eigenvalue weighted by Crippen LogP contribution is 2.31. The van der Waals surface area contributed by atoms with Gasteiger partial charge < -0.3 is 10.3 Å². The van der Waals surface area contributed by atoms with Gasteiger partial charge in [0.2, 0.25) is 0 Å².